The zero-order valence-electron chi connectivity index (χ0n) is 19.6. The van der Waals surface area contributed by atoms with Gasteiger partial charge in [0.1, 0.15) is 6.33 Å². The van der Waals surface area contributed by atoms with Crippen molar-refractivity contribution in [3.8, 4) is 22.3 Å². The number of benzene rings is 2. The second-order valence-electron chi connectivity index (χ2n) is 10.1. The lowest BCUT2D eigenvalue weighted by Crippen LogP contribution is -2.40. The van der Waals surface area contributed by atoms with Crippen LogP contribution in [0.2, 0.25) is 0 Å². The highest BCUT2D eigenvalue weighted by Gasteiger charge is 2.30. The fourth-order valence-electron chi connectivity index (χ4n) is 3.48. The van der Waals surface area contributed by atoms with E-state index < -0.39 is 17.3 Å². The Bertz CT molecular complexity index is 1160. The monoisotopic (exact) mass is 455 g/mol. The van der Waals surface area contributed by atoms with Crippen molar-refractivity contribution in [1.82, 2.24) is 15.3 Å². The smallest absolute Gasteiger partial charge is 0.347 e. The van der Waals surface area contributed by atoms with E-state index in [0.29, 0.717) is 16.7 Å². The molecule has 0 radical (unpaired) electrons. The first-order valence-electron chi connectivity index (χ1n) is 10.6. The van der Waals surface area contributed by atoms with E-state index in [0.717, 1.165) is 29.0 Å². The molecule has 3 aromatic rings. The Labute approximate surface area is 192 Å². The average Bonchev–Trinajstić information content (AvgIpc) is 2.71. The Morgan fingerprint density at radius 2 is 1.45 bits per heavy atom. The van der Waals surface area contributed by atoms with Crippen molar-refractivity contribution in [3.63, 3.8) is 0 Å². The van der Waals surface area contributed by atoms with Crippen LogP contribution >= 0.6 is 0 Å². The number of alkyl halides is 3. The Hall–Kier alpha value is -3.22. The van der Waals surface area contributed by atoms with E-state index in [1.807, 2.05) is 47.6 Å². The maximum absolute atomic E-state index is 13.0. The molecular weight excluding hydrogens is 427 g/mol. The molecule has 33 heavy (non-hydrogen) atoms. The molecule has 0 saturated heterocycles. The number of amides is 1. The van der Waals surface area contributed by atoms with Crippen molar-refractivity contribution in [2.45, 2.75) is 58.7 Å². The van der Waals surface area contributed by atoms with Gasteiger partial charge in [-0.3, -0.25) is 4.79 Å². The first-order chi connectivity index (χ1) is 15.1. The van der Waals surface area contributed by atoms with Crippen molar-refractivity contribution < 1.29 is 18.0 Å². The fourth-order valence-corrected chi connectivity index (χ4v) is 3.48. The lowest BCUT2D eigenvalue weighted by Gasteiger charge is -2.23. The zero-order valence-corrected chi connectivity index (χ0v) is 19.6. The lowest BCUT2D eigenvalue weighted by atomic mass is 9.85. The Balaban J connectivity index is 2.19. The molecule has 0 saturated carbocycles. The van der Waals surface area contributed by atoms with Crippen LogP contribution < -0.4 is 5.32 Å². The second-order valence-corrected chi connectivity index (χ2v) is 10.1. The van der Waals surface area contributed by atoms with Crippen LogP contribution in [-0.4, -0.2) is 21.4 Å². The Morgan fingerprint density at radius 1 is 0.848 bits per heavy atom. The molecule has 0 bridgehead atoms. The molecule has 0 aliphatic rings. The number of hydrogen-bond donors (Lipinski definition) is 1. The van der Waals surface area contributed by atoms with E-state index in [4.69, 9.17) is 0 Å². The maximum atomic E-state index is 13.0. The normalized spacial score (nSPS) is 12.5. The third-order valence-electron chi connectivity index (χ3n) is 4.96. The number of carbonyl (C=O) groups excluding carboxylic acids is 1. The van der Waals surface area contributed by atoms with Crippen LogP contribution in [0.25, 0.3) is 22.3 Å². The molecule has 1 heterocycles. The van der Waals surface area contributed by atoms with Crippen LogP contribution in [-0.2, 0) is 11.6 Å². The summed E-state index contributed by atoms with van der Waals surface area (Å²) in [4.78, 5) is 21.6. The zero-order chi connectivity index (χ0) is 24.6. The third-order valence-corrected chi connectivity index (χ3v) is 4.96. The number of nitrogens with zero attached hydrogens (tertiary/aromatic N) is 2. The van der Waals surface area contributed by atoms with Crippen LogP contribution in [0.5, 0.6) is 0 Å². The molecular formula is C26H28F3N3O. The molecule has 0 aliphatic heterocycles. The standard InChI is InChI=1S/C26H28F3N3O/c1-24(2,3)22-21(14-30-15-31-22)18-11-17(12-19(13-18)23(33)32-25(4,5)6)16-7-9-20(10-8-16)26(27,28)29/h7-15H,1-6H3,(H,32,33). The van der Waals surface area contributed by atoms with Gasteiger partial charge in [-0.05, 0) is 67.8 Å². The van der Waals surface area contributed by atoms with Gasteiger partial charge >= 0.3 is 6.18 Å². The maximum Gasteiger partial charge on any atom is 0.416 e. The Morgan fingerprint density at radius 3 is 2.00 bits per heavy atom. The number of carbonyl (C=O) groups is 1. The minimum Gasteiger partial charge on any atom is -0.347 e. The molecule has 0 aliphatic carbocycles. The van der Waals surface area contributed by atoms with Gasteiger partial charge in [0.2, 0.25) is 0 Å². The van der Waals surface area contributed by atoms with Gasteiger partial charge in [-0.1, -0.05) is 32.9 Å². The van der Waals surface area contributed by atoms with Gasteiger partial charge < -0.3 is 5.32 Å². The topological polar surface area (TPSA) is 54.9 Å². The van der Waals surface area contributed by atoms with Gasteiger partial charge in [0.25, 0.3) is 5.91 Å². The summed E-state index contributed by atoms with van der Waals surface area (Å²) >= 11 is 0. The number of nitrogens with one attached hydrogen (secondary N) is 1. The third kappa shape index (κ3) is 5.97. The van der Waals surface area contributed by atoms with Crippen molar-refractivity contribution in [3.05, 3.63) is 71.8 Å². The van der Waals surface area contributed by atoms with E-state index in [1.54, 1.807) is 18.3 Å². The van der Waals surface area contributed by atoms with E-state index in [2.05, 4.69) is 15.3 Å². The SMILES string of the molecule is CC(C)(C)NC(=O)c1cc(-c2ccc(C(F)(F)F)cc2)cc(-c2cncnc2C(C)(C)C)c1. The van der Waals surface area contributed by atoms with Crippen LogP contribution in [0.15, 0.2) is 55.0 Å². The molecule has 1 N–H and O–H groups in total. The number of hydrogen-bond acceptors (Lipinski definition) is 3. The van der Waals surface area contributed by atoms with Crippen molar-refractivity contribution >= 4 is 5.91 Å². The second kappa shape index (κ2) is 8.61. The van der Waals surface area contributed by atoms with E-state index in [-0.39, 0.29) is 11.3 Å². The summed E-state index contributed by atoms with van der Waals surface area (Å²) in [6, 6.07) is 10.2. The van der Waals surface area contributed by atoms with Crippen LogP contribution in [0, 0.1) is 0 Å². The highest BCUT2D eigenvalue weighted by Crippen LogP contribution is 2.35. The predicted octanol–water partition coefficient (Wildman–Crippen LogP) is 6.66. The first-order valence-corrected chi connectivity index (χ1v) is 10.6. The molecule has 0 spiro atoms. The fraction of sp³-hybridized carbons (Fsp3) is 0.346. The quantitative estimate of drug-likeness (QED) is 0.481. The van der Waals surface area contributed by atoms with Gasteiger partial charge in [-0.2, -0.15) is 13.2 Å². The molecule has 174 valence electrons. The lowest BCUT2D eigenvalue weighted by molar-refractivity contribution is -0.137. The molecule has 4 nitrogen and oxygen atoms in total. The number of rotatable bonds is 3. The largest absolute Gasteiger partial charge is 0.416 e. The molecule has 0 unspecified atom stereocenters. The summed E-state index contributed by atoms with van der Waals surface area (Å²) in [6.07, 6.45) is -1.23. The van der Waals surface area contributed by atoms with Gasteiger partial charge in [0, 0.05) is 28.3 Å². The molecule has 0 atom stereocenters. The van der Waals surface area contributed by atoms with Crippen LogP contribution in [0.1, 0.15) is 63.2 Å². The summed E-state index contributed by atoms with van der Waals surface area (Å²) in [7, 11) is 0. The molecule has 2 aromatic carbocycles. The summed E-state index contributed by atoms with van der Waals surface area (Å²) in [5, 5.41) is 2.95. The van der Waals surface area contributed by atoms with Gasteiger partial charge in [-0.15, -0.1) is 0 Å². The molecule has 0 fully saturated rings. The van der Waals surface area contributed by atoms with Gasteiger partial charge in [0.05, 0.1) is 11.3 Å². The molecule has 3 rings (SSSR count). The minimum absolute atomic E-state index is 0.272. The van der Waals surface area contributed by atoms with Crippen LogP contribution in [0.4, 0.5) is 13.2 Å². The van der Waals surface area contributed by atoms with Crippen molar-refractivity contribution in [1.29, 1.82) is 0 Å². The summed E-state index contributed by atoms with van der Waals surface area (Å²) in [5.41, 5.74) is 2.45. The highest BCUT2D eigenvalue weighted by atomic mass is 19.4. The number of aromatic nitrogens is 2. The highest BCUT2D eigenvalue weighted by molar-refractivity contribution is 5.97. The van der Waals surface area contributed by atoms with Crippen LogP contribution in [0.3, 0.4) is 0 Å². The number of halogens is 3. The molecule has 1 aromatic heterocycles. The van der Waals surface area contributed by atoms with E-state index in [9.17, 15) is 18.0 Å². The summed E-state index contributed by atoms with van der Waals surface area (Å²) < 4.78 is 39.1. The summed E-state index contributed by atoms with van der Waals surface area (Å²) in [6.45, 7) is 11.8. The van der Waals surface area contributed by atoms with Gasteiger partial charge in [0.15, 0.2) is 0 Å². The molecule has 7 heteroatoms. The van der Waals surface area contributed by atoms with Crippen molar-refractivity contribution in [2.24, 2.45) is 0 Å². The Kier molecular flexibility index (Phi) is 6.37. The van der Waals surface area contributed by atoms with E-state index in [1.165, 1.54) is 18.5 Å². The van der Waals surface area contributed by atoms with Crippen molar-refractivity contribution in [2.75, 3.05) is 0 Å². The summed E-state index contributed by atoms with van der Waals surface area (Å²) in [5.74, 6) is -0.272. The van der Waals surface area contributed by atoms with Gasteiger partial charge in [-0.25, -0.2) is 9.97 Å². The average molecular weight is 456 g/mol. The van der Waals surface area contributed by atoms with E-state index >= 15 is 0 Å². The molecule has 1 amide bonds. The first kappa shape index (κ1) is 24.4. The minimum atomic E-state index is -4.42. The predicted molar refractivity (Wildman–Crippen MR) is 124 cm³/mol.